The maximum Gasteiger partial charge on any atom is 0.332 e. The molecule has 1 aliphatic rings. The van der Waals surface area contributed by atoms with Crippen molar-refractivity contribution >= 4 is 17.3 Å². The average Bonchev–Trinajstić information content (AvgIpc) is 2.84. The van der Waals surface area contributed by atoms with E-state index in [1.807, 2.05) is 0 Å². The van der Waals surface area contributed by atoms with E-state index in [4.69, 9.17) is 9.84 Å². The summed E-state index contributed by atoms with van der Waals surface area (Å²) < 4.78 is 5.36. The monoisotopic (exact) mass is 280 g/mol. The molecule has 0 saturated carbocycles. The molecule has 1 saturated heterocycles. The number of hydrogen-bond donors (Lipinski definition) is 2. The first-order valence-corrected chi connectivity index (χ1v) is 6.34. The predicted molar refractivity (Wildman–Crippen MR) is 71.9 cm³/mol. The average molecular weight is 280 g/mol. The molecule has 0 spiro atoms. The number of nitrogens with one attached hydrogen (secondary N) is 1. The third kappa shape index (κ3) is 3.45. The van der Waals surface area contributed by atoms with E-state index in [1.165, 1.54) is 12.1 Å². The van der Waals surface area contributed by atoms with Gasteiger partial charge in [0.25, 0.3) is 5.69 Å². The van der Waals surface area contributed by atoms with Crippen molar-refractivity contribution in [2.75, 3.05) is 11.9 Å². The van der Waals surface area contributed by atoms with Crippen LogP contribution in [-0.4, -0.2) is 34.8 Å². The minimum Gasteiger partial charge on any atom is -0.479 e. The summed E-state index contributed by atoms with van der Waals surface area (Å²) in [6.07, 6.45) is 0.234. The Labute approximate surface area is 115 Å². The van der Waals surface area contributed by atoms with Crippen molar-refractivity contribution in [3.8, 4) is 0 Å². The van der Waals surface area contributed by atoms with Gasteiger partial charge in [-0.15, -0.1) is 0 Å². The molecule has 1 heterocycles. The van der Waals surface area contributed by atoms with Crippen molar-refractivity contribution in [1.82, 2.24) is 0 Å². The van der Waals surface area contributed by atoms with E-state index in [2.05, 4.69) is 5.32 Å². The maximum absolute atomic E-state index is 10.8. The van der Waals surface area contributed by atoms with Crippen LogP contribution < -0.4 is 5.32 Å². The molecule has 108 valence electrons. The van der Waals surface area contributed by atoms with E-state index < -0.39 is 17.0 Å². The van der Waals surface area contributed by atoms with Crippen LogP contribution in [0.15, 0.2) is 18.2 Å². The first-order chi connectivity index (χ1) is 9.45. The number of rotatable bonds is 5. The number of carboxylic acid groups (broad SMARTS) is 1. The normalized spacial score (nSPS) is 21.6. The van der Waals surface area contributed by atoms with Gasteiger partial charge in [0.15, 0.2) is 6.10 Å². The van der Waals surface area contributed by atoms with Crippen molar-refractivity contribution in [2.24, 2.45) is 0 Å². The number of carbonyl (C=O) groups is 1. The van der Waals surface area contributed by atoms with E-state index in [-0.39, 0.29) is 11.8 Å². The van der Waals surface area contributed by atoms with Crippen LogP contribution in [0, 0.1) is 17.0 Å². The minimum absolute atomic E-state index is 0.0308. The minimum atomic E-state index is -0.946. The molecule has 20 heavy (non-hydrogen) atoms. The highest BCUT2D eigenvalue weighted by molar-refractivity contribution is 5.72. The van der Waals surface area contributed by atoms with E-state index in [0.717, 1.165) is 5.56 Å². The number of non-ortho nitro benzene ring substituents is 1. The summed E-state index contributed by atoms with van der Waals surface area (Å²) in [7, 11) is 0. The number of ether oxygens (including phenoxy) is 1. The Bertz CT molecular complexity index is 531. The molecule has 2 unspecified atom stereocenters. The fraction of sp³-hybridized carbons (Fsp3) is 0.462. The zero-order valence-corrected chi connectivity index (χ0v) is 11.0. The summed E-state index contributed by atoms with van der Waals surface area (Å²) in [5.41, 5.74) is 1.46. The Hall–Kier alpha value is -2.15. The van der Waals surface area contributed by atoms with E-state index in [1.54, 1.807) is 13.0 Å². The van der Waals surface area contributed by atoms with Gasteiger partial charge in [-0.05, 0) is 31.4 Å². The Morgan fingerprint density at radius 1 is 1.50 bits per heavy atom. The number of aryl methyl sites for hydroxylation is 1. The molecule has 2 N–H and O–H groups in total. The highest BCUT2D eigenvalue weighted by Crippen LogP contribution is 2.23. The Morgan fingerprint density at radius 3 is 2.85 bits per heavy atom. The molecule has 0 aliphatic carbocycles. The van der Waals surface area contributed by atoms with Gasteiger partial charge in [-0.1, -0.05) is 0 Å². The molecule has 1 aromatic rings. The summed E-state index contributed by atoms with van der Waals surface area (Å²) in [5, 5.41) is 22.7. The van der Waals surface area contributed by atoms with Gasteiger partial charge in [0.2, 0.25) is 0 Å². The second-order valence-electron chi connectivity index (χ2n) is 4.86. The lowest BCUT2D eigenvalue weighted by molar-refractivity contribution is -0.384. The molecule has 0 bridgehead atoms. The quantitative estimate of drug-likeness (QED) is 0.631. The number of aliphatic carboxylic acids is 1. The largest absolute Gasteiger partial charge is 0.479 e. The number of benzene rings is 1. The molecule has 1 aromatic carbocycles. The maximum atomic E-state index is 10.8. The number of hydrogen-bond acceptors (Lipinski definition) is 5. The summed E-state index contributed by atoms with van der Waals surface area (Å²) in [6.45, 7) is 2.22. The highest BCUT2D eigenvalue weighted by atomic mass is 16.6. The standard InChI is InChI=1S/C13H16N2O5/c1-8-4-9(6-10(5-8)15(18)19)14-7-11-2-3-12(20-11)13(16)17/h4-6,11-12,14H,2-3,7H2,1H3,(H,16,17). The van der Waals surface area contributed by atoms with Crippen LogP contribution >= 0.6 is 0 Å². The first-order valence-electron chi connectivity index (χ1n) is 6.34. The first kappa shape index (κ1) is 14.3. The van der Waals surface area contributed by atoms with Gasteiger partial charge < -0.3 is 15.2 Å². The van der Waals surface area contributed by atoms with Crippen LogP contribution in [-0.2, 0) is 9.53 Å². The zero-order chi connectivity index (χ0) is 14.7. The highest BCUT2D eigenvalue weighted by Gasteiger charge is 2.30. The SMILES string of the molecule is Cc1cc(NCC2CCC(C(=O)O)O2)cc([N+](=O)[O-])c1. The van der Waals surface area contributed by atoms with Crippen LogP contribution in [0.2, 0.25) is 0 Å². The molecule has 0 aromatic heterocycles. The van der Waals surface area contributed by atoms with E-state index >= 15 is 0 Å². The molecular weight excluding hydrogens is 264 g/mol. The Morgan fingerprint density at radius 2 is 2.25 bits per heavy atom. The second-order valence-corrected chi connectivity index (χ2v) is 4.86. The molecule has 2 rings (SSSR count). The van der Waals surface area contributed by atoms with Gasteiger partial charge in [-0.3, -0.25) is 10.1 Å². The fourth-order valence-corrected chi connectivity index (χ4v) is 2.24. The van der Waals surface area contributed by atoms with Gasteiger partial charge >= 0.3 is 5.97 Å². The van der Waals surface area contributed by atoms with Crippen molar-refractivity contribution in [3.63, 3.8) is 0 Å². The molecule has 0 radical (unpaired) electrons. The van der Waals surface area contributed by atoms with Crippen molar-refractivity contribution in [2.45, 2.75) is 32.0 Å². The molecule has 0 amide bonds. The Kier molecular flexibility index (Phi) is 4.19. The number of nitro benzene ring substituents is 1. The summed E-state index contributed by atoms with van der Waals surface area (Å²) >= 11 is 0. The van der Waals surface area contributed by atoms with Gasteiger partial charge in [-0.25, -0.2) is 4.79 Å². The molecule has 1 fully saturated rings. The summed E-state index contributed by atoms with van der Waals surface area (Å²) in [4.78, 5) is 21.1. The van der Waals surface area contributed by atoms with Gasteiger partial charge in [-0.2, -0.15) is 0 Å². The molecule has 7 nitrogen and oxygen atoms in total. The van der Waals surface area contributed by atoms with Crippen LogP contribution in [0.25, 0.3) is 0 Å². The smallest absolute Gasteiger partial charge is 0.332 e. The number of carboxylic acids is 1. The topological polar surface area (TPSA) is 102 Å². The van der Waals surface area contributed by atoms with E-state index in [0.29, 0.717) is 25.1 Å². The third-order valence-corrected chi connectivity index (χ3v) is 3.19. The summed E-state index contributed by atoms with van der Waals surface area (Å²) in [5.74, 6) is -0.946. The lowest BCUT2D eigenvalue weighted by atomic mass is 10.1. The van der Waals surface area contributed by atoms with Crippen LogP contribution in [0.5, 0.6) is 0 Å². The predicted octanol–water partition coefficient (Wildman–Crippen LogP) is 1.95. The van der Waals surface area contributed by atoms with Crippen LogP contribution in [0.3, 0.4) is 0 Å². The lowest BCUT2D eigenvalue weighted by Crippen LogP contribution is -2.24. The molecule has 2 atom stereocenters. The van der Waals surface area contributed by atoms with E-state index in [9.17, 15) is 14.9 Å². The van der Waals surface area contributed by atoms with Gasteiger partial charge in [0, 0.05) is 24.4 Å². The van der Waals surface area contributed by atoms with Crippen molar-refractivity contribution < 1.29 is 19.6 Å². The zero-order valence-electron chi connectivity index (χ0n) is 11.0. The Balaban J connectivity index is 1.95. The van der Waals surface area contributed by atoms with Crippen LogP contribution in [0.4, 0.5) is 11.4 Å². The molecule has 7 heteroatoms. The fourth-order valence-electron chi connectivity index (χ4n) is 2.24. The van der Waals surface area contributed by atoms with Crippen LogP contribution in [0.1, 0.15) is 18.4 Å². The third-order valence-electron chi connectivity index (χ3n) is 3.19. The number of nitro groups is 1. The van der Waals surface area contributed by atoms with Gasteiger partial charge in [0.05, 0.1) is 11.0 Å². The molecular formula is C13H16N2O5. The second kappa shape index (κ2) is 5.87. The van der Waals surface area contributed by atoms with Crippen molar-refractivity contribution in [3.05, 3.63) is 33.9 Å². The molecule has 1 aliphatic heterocycles. The number of anilines is 1. The van der Waals surface area contributed by atoms with Gasteiger partial charge in [0.1, 0.15) is 0 Å². The lowest BCUT2D eigenvalue weighted by Gasteiger charge is -2.13. The van der Waals surface area contributed by atoms with Crippen molar-refractivity contribution in [1.29, 1.82) is 0 Å². The number of nitrogens with zero attached hydrogens (tertiary/aromatic N) is 1. The summed E-state index contributed by atoms with van der Waals surface area (Å²) in [6, 6.07) is 4.75.